The summed E-state index contributed by atoms with van der Waals surface area (Å²) in [5, 5.41) is 0.914. The molecule has 2 atom stereocenters. The molecule has 0 aliphatic heterocycles. The molecule has 1 aliphatic carbocycles. The van der Waals surface area contributed by atoms with E-state index in [-0.39, 0.29) is 0 Å². The first-order chi connectivity index (χ1) is 7.74. The Bertz CT molecular complexity index is 224. The fourth-order valence-corrected chi connectivity index (χ4v) is 4.39. The third kappa shape index (κ3) is 5.24. The summed E-state index contributed by atoms with van der Waals surface area (Å²) in [7, 11) is 0. The molecule has 102 valence electrons. The Hall–Kier alpha value is 0.350. The third-order valence-corrected chi connectivity index (χ3v) is 6.21. The van der Waals surface area contributed by atoms with Crippen molar-refractivity contribution in [1.82, 2.24) is 0 Å². The predicted octanol–water partition coefficient (Wildman–Crippen LogP) is 5.90. The van der Waals surface area contributed by atoms with E-state index in [4.69, 9.17) is 0 Å². The molecule has 0 saturated heterocycles. The van der Waals surface area contributed by atoms with Gasteiger partial charge in [-0.3, -0.25) is 0 Å². The summed E-state index contributed by atoms with van der Waals surface area (Å²) in [5.74, 6) is 0.942. The molecule has 0 spiro atoms. The summed E-state index contributed by atoms with van der Waals surface area (Å²) in [6, 6.07) is 0. The van der Waals surface area contributed by atoms with Crippen molar-refractivity contribution in [2.24, 2.45) is 11.3 Å². The molecule has 0 radical (unpaired) electrons. The number of hydrogen-bond donors (Lipinski definition) is 0. The van der Waals surface area contributed by atoms with E-state index in [0.717, 1.165) is 11.2 Å². The zero-order valence-electron chi connectivity index (χ0n) is 12.8. The molecule has 17 heavy (non-hydrogen) atoms. The Morgan fingerprint density at radius 2 is 1.59 bits per heavy atom. The van der Waals surface area contributed by atoms with Gasteiger partial charge in [-0.2, -0.15) is 11.8 Å². The van der Waals surface area contributed by atoms with Crippen LogP contribution in [0.4, 0.5) is 0 Å². The summed E-state index contributed by atoms with van der Waals surface area (Å²) in [6.07, 6.45) is 8.51. The molecular weight excluding hydrogens is 224 g/mol. The van der Waals surface area contributed by atoms with Crippen LogP contribution >= 0.6 is 11.8 Å². The van der Waals surface area contributed by atoms with Gasteiger partial charge in [0.2, 0.25) is 0 Å². The molecule has 1 saturated carbocycles. The Labute approximate surface area is 113 Å². The van der Waals surface area contributed by atoms with Gasteiger partial charge in [0.15, 0.2) is 0 Å². The first kappa shape index (κ1) is 15.4. The Morgan fingerprint density at radius 1 is 0.941 bits per heavy atom. The minimum Gasteiger partial charge on any atom is -0.152 e. The topological polar surface area (TPSA) is 0 Å². The normalized spacial score (nSPS) is 27.9. The van der Waals surface area contributed by atoms with E-state index in [1.807, 2.05) is 0 Å². The highest BCUT2D eigenvalue weighted by atomic mass is 32.2. The molecule has 0 aromatic carbocycles. The van der Waals surface area contributed by atoms with Crippen LogP contribution in [0, 0.1) is 11.3 Å². The lowest BCUT2D eigenvalue weighted by Gasteiger charge is -2.30. The Morgan fingerprint density at radius 3 is 2.12 bits per heavy atom. The molecule has 0 N–H and O–H groups in total. The lowest BCUT2D eigenvalue weighted by molar-refractivity contribution is 0.215. The van der Waals surface area contributed by atoms with Crippen molar-refractivity contribution in [3.63, 3.8) is 0 Å². The zero-order valence-corrected chi connectivity index (χ0v) is 13.6. The summed E-state index contributed by atoms with van der Waals surface area (Å²) in [6.45, 7) is 14.4. The molecule has 0 aromatic heterocycles. The maximum atomic E-state index is 2.42. The van der Waals surface area contributed by atoms with Gasteiger partial charge in [0.25, 0.3) is 0 Å². The van der Waals surface area contributed by atoms with E-state index in [0.29, 0.717) is 10.2 Å². The van der Waals surface area contributed by atoms with Crippen molar-refractivity contribution >= 4 is 11.8 Å². The maximum absolute atomic E-state index is 2.42. The fraction of sp³-hybridized carbons (Fsp3) is 1.00. The smallest absolute Gasteiger partial charge is 0.0103 e. The van der Waals surface area contributed by atoms with Crippen LogP contribution in [0.3, 0.4) is 0 Å². The molecule has 1 heteroatoms. The van der Waals surface area contributed by atoms with Gasteiger partial charge in [-0.25, -0.2) is 0 Å². The second-order valence-corrected chi connectivity index (χ2v) is 9.43. The molecule has 1 unspecified atom stereocenters. The number of rotatable bonds is 3. The zero-order chi connectivity index (χ0) is 13.1. The largest absolute Gasteiger partial charge is 0.152 e. The molecule has 0 aromatic rings. The van der Waals surface area contributed by atoms with Crippen molar-refractivity contribution in [1.29, 1.82) is 0 Å². The van der Waals surface area contributed by atoms with Crippen LogP contribution in [0.15, 0.2) is 0 Å². The lowest BCUT2D eigenvalue weighted by Crippen LogP contribution is -2.21. The molecule has 1 aliphatic rings. The molecule has 0 nitrogen and oxygen atoms in total. The van der Waals surface area contributed by atoms with Crippen molar-refractivity contribution in [2.75, 3.05) is 0 Å². The van der Waals surface area contributed by atoms with Crippen LogP contribution in [-0.4, -0.2) is 10.00 Å². The summed E-state index contributed by atoms with van der Waals surface area (Å²) in [5.41, 5.74) is 0.514. The van der Waals surface area contributed by atoms with Gasteiger partial charge in [0, 0.05) is 10.00 Å². The molecule has 1 fully saturated rings. The molecule has 0 heterocycles. The Balaban J connectivity index is 2.48. The van der Waals surface area contributed by atoms with Crippen molar-refractivity contribution in [3.8, 4) is 0 Å². The van der Waals surface area contributed by atoms with Crippen LogP contribution < -0.4 is 0 Å². The number of hydrogen-bond acceptors (Lipinski definition) is 1. The SMILES string of the molecule is CCC(C)(C)SC1CCC[C@@H](C(C)(C)C)CC1. The summed E-state index contributed by atoms with van der Waals surface area (Å²) < 4.78 is 0.478. The van der Waals surface area contributed by atoms with Gasteiger partial charge in [-0.15, -0.1) is 0 Å². The summed E-state index contributed by atoms with van der Waals surface area (Å²) >= 11 is 2.25. The third-order valence-electron chi connectivity index (χ3n) is 4.48. The Kier molecular flexibility index (Phi) is 5.43. The monoisotopic (exact) mass is 256 g/mol. The minimum atomic E-state index is 0.478. The van der Waals surface area contributed by atoms with Crippen LogP contribution in [-0.2, 0) is 0 Å². The van der Waals surface area contributed by atoms with Crippen molar-refractivity contribution < 1.29 is 0 Å². The average Bonchev–Trinajstić information content (AvgIpc) is 2.42. The maximum Gasteiger partial charge on any atom is 0.0103 e. The lowest BCUT2D eigenvalue weighted by atomic mass is 9.76. The van der Waals surface area contributed by atoms with E-state index >= 15 is 0 Å². The van der Waals surface area contributed by atoms with Gasteiger partial charge in [0.05, 0.1) is 0 Å². The summed E-state index contributed by atoms with van der Waals surface area (Å²) in [4.78, 5) is 0. The standard InChI is InChI=1S/C16H32S/c1-7-16(5,6)17-14-10-8-9-13(11-12-14)15(2,3)4/h13-14H,7-12H2,1-6H3/t13-,14?/m1/s1. The van der Waals surface area contributed by atoms with E-state index < -0.39 is 0 Å². The fourth-order valence-electron chi connectivity index (χ4n) is 2.79. The van der Waals surface area contributed by atoms with Gasteiger partial charge < -0.3 is 0 Å². The van der Waals surface area contributed by atoms with E-state index in [9.17, 15) is 0 Å². The second kappa shape index (κ2) is 5.99. The van der Waals surface area contributed by atoms with Gasteiger partial charge in [0.1, 0.15) is 0 Å². The quantitative estimate of drug-likeness (QED) is 0.566. The highest BCUT2D eigenvalue weighted by Gasteiger charge is 2.30. The first-order valence-corrected chi connectivity index (χ1v) is 8.30. The van der Waals surface area contributed by atoms with Gasteiger partial charge in [-0.05, 0) is 43.4 Å². The van der Waals surface area contributed by atoms with Crippen LogP contribution in [0.25, 0.3) is 0 Å². The average molecular weight is 256 g/mol. The van der Waals surface area contributed by atoms with Gasteiger partial charge >= 0.3 is 0 Å². The molecule has 1 rings (SSSR count). The van der Waals surface area contributed by atoms with E-state index in [1.165, 1.54) is 38.5 Å². The number of thioether (sulfide) groups is 1. The molecule has 0 bridgehead atoms. The second-order valence-electron chi connectivity index (χ2n) is 7.42. The van der Waals surface area contributed by atoms with E-state index in [2.05, 4.69) is 53.3 Å². The van der Waals surface area contributed by atoms with Crippen LogP contribution in [0.5, 0.6) is 0 Å². The van der Waals surface area contributed by atoms with Crippen LogP contribution in [0.1, 0.15) is 80.1 Å². The van der Waals surface area contributed by atoms with Crippen LogP contribution in [0.2, 0.25) is 0 Å². The first-order valence-electron chi connectivity index (χ1n) is 7.42. The van der Waals surface area contributed by atoms with E-state index in [1.54, 1.807) is 0 Å². The highest BCUT2D eigenvalue weighted by molar-refractivity contribution is 8.01. The minimum absolute atomic E-state index is 0.478. The molecule has 0 amide bonds. The molecular formula is C16H32S. The van der Waals surface area contributed by atoms with Crippen molar-refractivity contribution in [2.45, 2.75) is 90.1 Å². The predicted molar refractivity (Wildman–Crippen MR) is 81.8 cm³/mol. The van der Waals surface area contributed by atoms with Crippen molar-refractivity contribution in [3.05, 3.63) is 0 Å². The highest BCUT2D eigenvalue weighted by Crippen LogP contribution is 2.42. The van der Waals surface area contributed by atoms with Gasteiger partial charge in [-0.1, -0.05) is 48.0 Å².